The van der Waals surface area contributed by atoms with Crippen molar-refractivity contribution in [2.75, 3.05) is 19.6 Å². The van der Waals surface area contributed by atoms with Crippen LogP contribution in [0, 0.1) is 5.92 Å². The maximum atomic E-state index is 12.2. The van der Waals surface area contributed by atoms with Crippen LogP contribution in [0.15, 0.2) is 12.3 Å². The van der Waals surface area contributed by atoms with Gasteiger partial charge < -0.3 is 16.4 Å². The van der Waals surface area contributed by atoms with Gasteiger partial charge in [-0.15, -0.1) is 0 Å². The molecule has 0 spiro atoms. The molecule has 0 bridgehead atoms. The molecule has 1 aromatic heterocycles. The Morgan fingerprint density at radius 2 is 2.50 bits per heavy atom. The fourth-order valence-electron chi connectivity index (χ4n) is 2.41. The molecule has 1 aromatic rings. The molecule has 0 saturated carbocycles. The van der Waals surface area contributed by atoms with Crippen molar-refractivity contribution in [2.45, 2.75) is 25.3 Å². The predicted molar refractivity (Wildman–Crippen MR) is 68.6 cm³/mol. The first-order chi connectivity index (χ1) is 8.70. The zero-order valence-corrected chi connectivity index (χ0v) is 10.5. The molecule has 6 heteroatoms. The quantitative estimate of drug-likeness (QED) is 0.670. The number of aromatic nitrogens is 2. The van der Waals surface area contributed by atoms with Crippen molar-refractivity contribution in [2.24, 2.45) is 17.4 Å². The first kappa shape index (κ1) is 13.0. The maximum absolute atomic E-state index is 12.2. The van der Waals surface area contributed by atoms with Crippen LogP contribution >= 0.6 is 0 Å². The number of nitrogens with one attached hydrogen (secondary N) is 1. The zero-order valence-electron chi connectivity index (χ0n) is 10.5. The summed E-state index contributed by atoms with van der Waals surface area (Å²) in [4.78, 5) is 14.1. The summed E-state index contributed by atoms with van der Waals surface area (Å²) >= 11 is 0. The van der Waals surface area contributed by atoms with Crippen LogP contribution in [0.3, 0.4) is 0 Å². The Morgan fingerprint density at radius 3 is 3.17 bits per heavy atom. The van der Waals surface area contributed by atoms with Crippen LogP contribution in [-0.2, 0) is 11.2 Å². The van der Waals surface area contributed by atoms with Gasteiger partial charge in [-0.3, -0.25) is 9.89 Å². The number of hydrogen-bond acceptors (Lipinski definition) is 4. The van der Waals surface area contributed by atoms with E-state index in [9.17, 15) is 4.79 Å². The SMILES string of the molecule is NCC1CCCN(C(=O)C(N)Cc2ccn[nH]2)C1. The van der Waals surface area contributed by atoms with E-state index in [4.69, 9.17) is 11.5 Å². The van der Waals surface area contributed by atoms with E-state index in [1.54, 1.807) is 6.20 Å². The number of aromatic amines is 1. The standard InChI is InChI=1S/C12H21N5O/c13-7-9-2-1-5-17(8-9)12(18)11(14)6-10-3-4-15-16-10/h3-4,9,11H,1-2,5-8,13-14H2,(H,15,16). The van der Waals surface area contributed by atoms with Gasteiger partial charge in [-0.05, 0) is 31.4 Å². The Hall–Kier alpha value is -1.40. The van der Waals surface area contributed by atoms with Crippen molar-refractivity contribution < 1.29 is 4.79 Å². The highest BCUT2D eigenvalue weighted by Gasteiger charge is 2.26. The number of rotatable bonds is 4. The lowest BCUT2D eigenvalue weighted by Crippen LogP contribution is -2.49. The van der Waals surface area contributed by atoms with Crippen LogP contribution in [0.5, 0.6) is 0 Å². The van der Waals surface area contributed by atoms with Crippen LogP contribution in [0.2, 0.25) is 0 Å². The highest BCUT2D eigenvalue weighted by molar-refractivity contribution is 5.82. The van der Waals surface area contributed by atoms with Crippen LogP contribution < -0.4 is 11.5 Å². The highest BCUT2D eigenvalue weighted by atomic mass is 16.2. The Kier molecular flexibility index (Phi) is 4.33. The molecular weight excluding hydrogens is 230 g/mol. The first-order valence-electron chi connectivity index (χ1n) is 6.43. The summed E-state index contributed by atoms with van der Waals surface area (Å²) in [5.74, 6) is 0.435. The molecule has 1 fully saturated rings. The van der Waals surface area contributed by atoms with E-state index in [1.165, 1.54) is 0 Å². The van der Waals surface area contributed by atoms with Crippen LogP contribution in [0.1, 0.15) is 18.5 Å². The van der Waals surface area contributed by atoms with Crippen molar-refractivity contribution in [3.63, 3.8) is 0 Å². The minimum absolute atomic E-state index is 0.0164. The smallest absolute Gasteiger partial charge is 0.239 e. The molecule has 2 heterocycles. The minimum Gasteiger partial charge on any atom is -0.341 e. The third kappa shape index (κ3) is 3.08. The summed E-state index contributed by atoms with van der Waals surface area (Å²) in [6, 6.07) is 1.34. The van der Waals surface area contributed by atoms with Gasteiger partial charge in [-0.2, -0.15) is 5.10 Å². The molecule has 1 aliphatic rings. The highest BCUT2D eigenvalue weighted by Crippen LogP contribution is 2.16. The maximum Gasteiger partial charge on any atom is 0.239 e. The molecule has 0 radical (unpaired) electrons. The molecule has 6 nitrogen and oxygen atoms in total. The van der Waals surface area contributed by atoms with E-state index in [2.05, 4.69) is 10.2 Å². The van der Waals surface area contributed by atoms with Gasteiger partial charge in [0, 0.05) is 31.4 Å². The molecular formula is C12H21N5O. The summed E-state index contributed by atoms with van der Waals surface area (Å²) in [7, 11) is 0. The molecule has 18 heavy (non-hydrogen) atoms. The Balaban J connectivity index is 1.89. The molecule has 5 N–H and O–H groups in total. The molecule has 2 unspecified atom stereocenters. The van der Waals surface area contributed by atoms with Crippen LogP contribution in [0.25, 0.3) is 0 Å². The van der Waals surface area contributed by atoms with Crippen molar-refractivity contribution >= 4 is 5.91 Å². The third-order valence-corrected chi connectivity index (χ3v) is 3.48. The van der Waals surface area contributed by atoms with Crippen LogP contribution in [-0.4, -0.2) is 46.7 Å². The first-order valence-corrected chi connectivity index (χ1v) is 6.43. The lowest BCUT2D eigenvalue weighted by Gasteiger charge is -2.33. The Labute approximate surface area is 107 Å². The molecule has 0 aliphatic carbocycles. The lowest BCUT2D eigenvalue weighted by molar-refractivity contribution is -0.134. The van der Waals surface area contributed by atoms with Gasteiger partial charge in [0.1, 0.15) is 0 Å². The van der Waals surface area contributed by atoms with Gasteiger partial charge >= 0.3 is 0 Å². The Bertz CT molecular complexity index is 378. The van der Waals surface area contributed by atoms with Gasteiger partial charge in [0.15, 0.2) is 0 Å². The van der Waals surface area contributed by atoms with E-state index in [1.807, 2.05) is 11.0 Å². The second-order valence-corrected chi connectivity index (χ2v) is 4.92. The number of carbonyl (C=O) groups is 1. The normalized spacial score (nSPS) is 21.9. The number of hydrogen-bond donors (Lipinski definition) is 3. The van der Waals surface area contributed by atoms with E-state index < -0.39 is 6.04 Å². The van der Waals surface area contributed by atoms with Gasteiger partial charge in [0.25, 0.3) is 0 Å². The number of nitrogens with zero attached hydrogens (tertiary/aromatic N) is 2. The number of likely N-dealkylation sites (tertiary alicyclic amines) is 1. The van der Waals surface area contributed by atoms with Gasteiger partial charge in [-0.1, -0.05) is 0 Å². The monoisotopic (exact) mass is 251 g/mol. The molecule has 1 aliphatic heterocycles. The summed E-state index contributed by atoms with van der Waals surface area (Å²) in [5.41, 5.74) is 12.5. The fourth-order valence-corrected chi connectivity index (χ4v) is 2.41. The van der Waals surface area contributed by atoms with E-state index >= 15 is 0 Å². The van der Waals surface area contributed by atoms with Gasteiger partial charge in [-0.25, -0.2) is 0 Å². The molecule has 1 saturated heterocycles. The topological polar surface area (TPSA) is 101 Å². The van der Waals surface area contributed by atoms with Crippen molar-refractivity contribution in [3.8, 4) is 0 Å². The fraction of sp³-hybridized carbons (Fsp3) is 0.667. The number of amides is 1. The summed E-state index contributed by atoms with van der Waals surface area (Å²) in [6.07, 6.45) is 4.29. The van der Waals surface area contributed by atoms with Crippen LogP contribution in [0.4, 0.5) is 0 Å². The molecule has 2 rings (SSSR count). The second kappa shape index (κ2) is 5.97. The number of nitrogens with two attached hydrogens (primary N) is 2. The molecule has 2 atom stereocenters. The zero-order chi connectivity index (χ0) is 13.0. The molecule has 100 valence electrons. The third-order valence-electron chi connectivity index (χ3n) is 3.48. The predicted octanol–water partition coefficient (Wildman–Crippen LogP) is -0.523. The van der Waals surface area contributed by atoms with E-state index in [0.717, 1.165) is 31.6 Å². The number of carbonyl (C=O) groups excluding carboxylic acids is 1. The van der Waals surface area contributed by atoms with Crippen molar-refractivity contribution in [1.82, 2.24) is 15.1 Å². The Morgan fingerprint density at radius 1 is 1.67 bits per heavy atom. The van der Waals surface area contributed by atoms with Gasteiger partial charge in [0.2, 0.25) is 5.91 Å². The lowest BCUT2D eigenvalue weighted by atomic mass is 9.97. The van der Waals surface area contributed by atoms with E-state index in [0.29, 0.717) is 18.9 Å². The van der Waals surface area contributed by atoms with Crippen molar-refractivity contribution in [3.05, 3.63) is 18.0 Å². The van der Waals surface area contributed by atoms with E-state index in [-0.39, 0.29) is 5.91 Å². The average molecular weight is 251 g/mol. The molecule has 0 aromatic carbocycles. The second-order valence-electron chi connectivity index (χ2n) is 4.92. The minimum atomic E-state index is -0.498. The average Bonchev–Trinajstić information content (AvgIpc) is 2.90. The number of H-pyrrole nitrogens is 1. The summed E-state index contributed by atoms with van der Waals surface area (Å²) in [6.45, 7) is 2.18. The largest absolute Gasteiger partial charge is 0.341 e. The summed E-state index contributed by atoms with van der Waals surface area (Å²) in [5, 5.41) is 6.68. The van der Waals surface area contributed by atoms with Gasteiger partial charge in [0.05, 0.1) is 6.04 Å². The molecule has 1 amide bonds. The summed E-state index contributed by atoms with van der Waals surface area (Å²) < 4.78 is 0. The van der Waals surface area contributed by atoms with Crippen molar-refractivity contribution in [1.29, 1.82) is 0 Å². The number of piperidine rings is 1.